The lowest BCUT2D eigenvalue weighted by atomic mass is 9.72. The number of rotatable bonds is 5. The van der Waals surface area contributed by atoms with Crippen molar-refractivity contribution in [2.24, 2.45) is 0 Å². The molecule has 1 atom stereocenters. The van der Waals surface area contributed by atoms with Crippen molar-refractivity contribution < 1.29 is 19.7 Å². The van der Waals surface area contributed by atoms with Crippen molar-refractivity contribution in [1.82, 2.24) is 0 Å². The highest BCUT2D eigenvalue weighted by Gasteiger charge is 2.43. The molecule has 1 aromatic rings. The van der Waals surface area contributed by atoms with Gasteiger partial charge in [-0.2, -0.15) is 0 Å². The van der Waals surface area contributed by atoms with E-state index in [2.05, 4.69) is 0 Å². The molecule has 1 heterocycles. The van der Waals surface area contributed by atoms with Crippen LogP contribution in [0, 0.1) is 0 Å². The topological polar surface area (TPSA) is 66.8 Å². The minimum absolute atomic E-state index is 0.105. The summed E-state index contributed by atoms with van der Waals surface area (Å²) in [5.41, 5.74) is -0.0917. The Balaban J connectivity index is 2.33. The predicted octanol–water partition coefficient (Wildman–Crippen LogP) is 1.95. The zero-order valence-electron chi connectivity index (χ0n) is 10.3. The zero-order valence-corrected chi connectivity index (χ0v) is 10.3. The summed E-state index contributed by atoms with van der Waals surface area (Å²) in [6.45, 7) is 0.538. The van der Waals surface area contributed by atoms with E-state index in [1.54, 1.807) is 0 Å². The van der Waals surface area contributed by atoms with Crippen molar-refractivity contribution in [2.75, 3.05) is 13.2 Å². The molecule has 0 saturated carbocycles. The molecule has 2 N–H and O–H groups in total. The second kappa shape index (κ2) is 5.40. The Kier molecular flexibility index (Phi) is 3.87. The predicted molar refractivity (Wildman–Crippen MR) is 66.8 cm³/mol. The van der Waals surface area contributed by atoms with Gasteiger partial charge in [0.2, 0.25) is 0 Å². The van der Waals surface area contributed by atoms with Gasteiger partial charge >= 0.3 is 5.97 Å². The maximum Gasteiger partial charge on any atom is 0.314 e. The molecule has 0 amide bonds. The van der Waals surface area contributed by atoms with Crippen molar-refractivity contribution in [3.05, 3.63) is 29.8 Å². The Bertz CT molecular complexity index is 430. The van der Waals surface area contributed by atoms with Crippen molar-refractivity contribution >= 4 is 5.97 Å². The van der Waals surface area contributed by atoms with Crippen LogP contribution in [0.4, 0.5) is 0 Å². The fraction of sp³-hybridized carbons (Fsp3) is 0.500. The first kappa shape index (κ1) is 12.9. The van der Waals surface area contributed by atoms with Gasteiger partial charge in [-0.05, 0) is 25.3 Å². The highest BCUT2D eigenvalue weighted by atomic mass is 16.5. The largest absolute Gasteiger partial charge is 0.493 e. The second-order valence-corrected chi connectivity index (χ2v) is 4.66. The van der Waals surface area contributed by atoms with Crippen molar-refractivity contribution in [3.8, 4) is 5.75 Å². The van der Waals surface area contributed by atoms with Crippen LogP contribution in [-0.4, -0.2) is 29.4 Å². The highest BCUT2D eigenvalue weighted by Crippen LogP contribution is 2.42. The number of aliphatic hydroxyl groups excluding tert-OH is 1. The first-order valence-electron chi connectivity index (χ1n) is 6.27. The molecule has 4 nitrogen and oxygen atoms in total. The number of hydrogen-bond acceptors (Lipinski definition) is 3. The molecule has 0 bridgehead atoms. The molecule has 1 unspecified atom stereocenters. The van der Waals surface area contributed by atoms with Gasteiger partial charge in [-0.25, -0.2) is 0 Å². The molecule has 0 aromatic heterocycles. The fourth-order valence-corrected chi connectivity index (χ4v) is 2.59. The number of unbranched alkanes of at least 4 members (excludes halogenated alkanes) is 1. The molecular weight excluding hydrogens is 232 g/mol. The van der Waals surface area contributed by atoms with Gasteiger partial charge in [0.25, 0.3) is 0 Å². The van der Waals surface area contributed by atoms with E-state index < -0.39 is 11.4 Å². The number of ether oxygens (including phenoxy) is 1. The van der Waals surface area contributed by atoms with Crippen LogP contribution < -0.4 is 4.74 Å². The molecule has 0 aliphatic carbocycles. The smallest absolute Gasteiger partial charge is 0.314 e. The zero-order chi connectivity index (χ0) is 13.0. The summed E-state index contributed by atoms with van der Waals surface area (Å²) in [6.07, 6.45) is 2.38. The molecule has 0 fully saturated rings. The van der Waals surface area contributed by atoms with Crippen LogP contribution in [0.1, 0.15) is 31.2 Å². The molecule has 1 aliphatic rings. The highest BCUT2D eigenvalue weighted by molar-refractivity contribution is 5.83. The maximum atomic E-state index is 11.7. The first-order valence-corrected chi connectivity index (χ1v) is 6.27. The lowest BCUT2D eigenvalue weighted by Gasteiger charge is -2.35. The molecule has 2 rings (SSSR count). The van der Waals surface area contributed by atoms with Gasteiger partial charge in [0, 0.05) is 18.6 Å². The maximum absolute atomic E-state index is 11.7. The van der Waals surface area contributed by atoms with Crippen LogP contribution in [0.15, 0.2) is 24.3 Å². The molecule has 0 saturated heterocycles. The van der Waals surface area contributed by atoms with E-state index in [9.17, 15) is 9.90 Å². The Morgan fingerprint density at radius 1 is 1.33 bits per heavy atom. The van der Waals surface area contributed by atoms with Gasteiger partial charge in [0.05, 0.1) is 12.0 Å². The lowest BCUT2D eigenvalue weighted by molar-refractivity contribution is -0.145. The minimum atomic E-state index is -0.857. The third kappa shape index (κ3) is 2.20. The minimum Gasteiger partial charge on any atom is -0.493 e. The quantitative estimate of drug-likeness (QED) is 0.784. The molecule has 0 radical (unpaired) electrons. The van der Waals surface area contributed by atoms with Crippen molar-refractivity contribution in [2.45, 2.75) is 31.1 Å². The number of hydrogen-bond donors (Lipinski definition) is 2. The van der Waals surface area contributed by atoms with E-state index in [1.165, 1.54) is 0 Å². The van der Waals surface area contributed by atoms with Crippen LogP contribution in [0.5, 0.6) is 5.75 Å². The summed E-state index contributed by atoms with van der Waals surface area (Å²) in [4.78, 5) is 11.7. The molecule has 4 heteroatoms. The Morgan fingerprint density at radius 3 is 2.83 bits per heavy atom. The summed E-state index contributed by atoms with van der Waals surface area (Å²) in [6, 6.07) is 7.35. The number of aliphatic carboxylic acids is 1. The van der Waals surface area contributed by atoms with E-state index in [0.29, 0.717) is 38.0 Å². The fourth-order valence-electron chi connectivity index (χ4n) is 2.59. The summed E-state index contributed by atoms with van der Waals surface area (Å²) in [5, 5.41) is 18.5. The lowest BCUT2D eigenvalue weighted by Crippen LogP contribution is -2.40. The van der Waals surface area contributed by atoms with E-state index in [0.717, 1.165) is 5.56 Å². The Morgan fingerprint density at radius 2 is 2.11 bits per heavy atom. The SMILES string of the molecule is O=C(O)C1(CCCCO)CCOc2ccccc21. The van der Waals surface area contributed by atoms with Crippen molar-refractivity contribution in [1.29, 1.82) is 0 Å². The van der Waals surface area contributed by atoms with Crippen LogP contribution in [0.2, 0.25) is 0 Å². The molecule has 98 valence electrons. The van der Waals surface area contributed by atoms with Gasteiger partial charge in [0.15, 0.2) is 0 Å². The third-order valence-corrected chi connectivity index (χ3v) is 3.61. The number of para-hydroxylation sites is 1. The number of benzene rings is 1. The normalized spacial score (nSPS) is 22.1. The van der Waals surface area contributed by atoms with Crippen molar-refractivity contribution in [3.63, 3.8) is 0 Å². The monoisotopic (exact) mass is 250 g/mol. The summed E-state index contributed by atoms with van der Waals surface area (Å²) >= 11 is 0. The Labute approximate surface area is 106 Å². The van der Waals surface area contributed by atoms with E-state index in [1.807, 2.05) is 24.3 Å². The van der Waals surface area contributed by atoms with Crippen LogP contribution in [0.25, 0.3) is 0 Å². The van der Waals surface area contributed by atoms with Gasteiger partial charge in [-0.1, -0.05) is 18.2 Å². The number of fused-ring (bicyclic) bond motifs is 1. The summed E-state index contributed by atoms with van der Waals surface area (Å²) in [7, 11) is 0. The first-order chi connectivity index (χ1) is 8.70. The van der Waals surface area contributed by atoms with Gasteiger partial charge in [0.1, 0.15) is 5.75 Å². The van der Waals surface area contributed by atoms with E-state index in [-0.39, 0.29) is 6.61 Å². The summed E-state index contributed by atoms with van der Waals surface area (Å²) < 4.78 is 5.52. The van der Waals surface area contributed by atoms with Crippen LogP contribution in [-0.2, 0) is 10.2 Å². The average Bonchev–Trinajstić information content (AvgIpc) is 2.39. The average molecular weight is 250 g/mol. The second-order valence-electron chi connectivity index (χ2n) is 4.66. The van der Waals surface area contributed by atoms with Gasteiger partial charge in [-0.15, -0.1) is 0 Å². The van der Waals surface area contributed by atoms with Gasteiger partial charge < -0.3 is 14.9 Å². The van der Waals surface area contributed by atoms with Crippen LogP contribution in [0.3, 0.4) is 0 Å². The number of aliphatic hydroxyl groups is 1. The van der Waals surface area contributed by atoms with Crippen LogP contribution >= 0.6 is 0 Å². The molecular formula is C14H18O4. The number of carboxylic acids is 1. The molecule has 1 aromatic carbocycles. The Hall–Kier alpha value is -1.55. The number of carboxylic acid groups (broad SMARTS) is 1. The molecule has 1 aliphatic heterocycles. The van der Waals surface area contributed by atoms with Gasteiger partial charge in [-0.3, -0.25) is 4.79 Å². The molecule has 18 heavy (non-hydrogen) atoms. The standard InChI is InChI=1S/C14H18O4/c15-9-4-3-7-14(13(16)17)8-10-18-12-6-2-1-5-11(12)14/h1-2,5-6,15H,3-4,7-10H2,(H,16,17). The molecule has 0 spiro atoms. The van der Waals surface area contributed by atoms with E-state index >= 15 is 0 Å². The summed E-state index contributed by atoms with van der Waals surface area (Å²) in [5.74, 6) is -0.119. The number of carbonyl (C=O) groups is 1. The third-order valence-electron chi connectivity index (χ3n) is 3.61. The van der Waals surface area contributed by atoms with E-state index in [4.69, 9.17) is 9.84 Å².